The van der Waals surface area contributed by atoms with E-state index >= 15 is 0 Å². The van der Waals surface area contributed by atoms with Gasteiger partial charge in [0.15, 0.2) is 17.3 Å². The quantitative estimate of drug-likeness (QED) is 0.456. The zero-order valence-electron chi connectivity index (χ0n) is 18.5. The normalized spacial score (nSPS) is 15.9. The molecule has 1 aliphatic heterocycles. The monoisotopic (exact) mass is 440 g/mol. The average molecular weight is 440 g/mol. The molecule has 0 atom stereocenters. The molecule has 0 aromatic heterocycles. The molecular weight excluding hydrogens is 412 g/mol. The van der Waals surface area contributed by atoms with Gasteiger partial charge in [-0.15, -0.1) is 0 Å². The van der Waals surface area contributed by atoms with Gasteiger partial charge in [-0.2, -0.15) is 0 Å². The van der Waals surface area contributed by atoms with Gasteiger partial charge in [0.25, 0.3) is 0 Å². The first-order chi connectivity index (χ1) is 15.6. The molecule has 2 aromatic rings. The number of ketones is 1. The fourth-order valence-electron chi connectivity index (χ4n) is 4.23. The summed E-state index contributed by atoms with van der Waals surface area (Å²) in [4.78, 5) is 24.2. The third kappa shape index (κ3) is 4.58. The topological polar surface area (TPSA) is 80.3 Å². The van der Waals surface area contributed by atoms with Crippen LogP contribution in [0.1, 0.15) is 35.2 Å². The number of fused-ring (bicyclic) bond motifs is 1. The molecule has 7 heteroatoms. The molecule has 0 unspecified atom stereocenters. The highest BCUT2D eigenvalue weighted by atomic mass is 16.6. The standard InChI is InChI=1S/C25H28O7/c1-28-22-8-6-20(18-3-5-19-17(15-18)4-7-21(19)26)23(24(22)29-2)31-13-14-32-25(27)16-9-11-30-12-10-16/h3,5-6,8,15-16H,4,7,9-14H2,1-2H3. The van der Waals surface area contributed by atoms with E-state index in [1.54, 1.807) is 14.2 Å². The fraction of sp³-hybridized carbons (Fsp3) is 0.440. The summed E-state index contributed by atoms with van der Waals surface area (Å²) in [6.07, 6.45) is 2.67. The largest absolute Gasteiger partial charge is 0.493 e. The van der Waals surface area contributed by atoms with E-state index in [0.717, 1.165) is 28.7 Å². The lowest BCUT2D eigenvalue weighted by molar-refractivity contribution is -0.152. The van der Waals surface area contributed by atoms with Crippen molar-refractivity contribution in [1.82, 2.24) is 0 Å². The number of hydrogen-bond acceptors (Lipinski definition) is 7. The molecule has 32 heavy (non-hydrogen) atoms. The van der Waals surface area contributed by atoms with E-state index in [0.29, 0.717) is 49.7 Å². The zero-order valence-corrected chi connectivity index (χ0v) is 18.5. The van der Waals surface area contributed by atoms with Crippen molar-refractivity contribution in [1.29, 1.82) is 0 Å². The van der Waals surface area contributed by atoms with Gasteiger partial charge in [-0.3, -0.25) is 9.59 Å². The highest BCUT2D eigenvalue weighted by Crippen LogP contribution is 2.45. The molecule has 4 rings (SSSR count). The van der Waals surface area contributed by atoms with Crippen molar-refractivity contribution in [2.24, 2.45) is 5.92 Å². The van der Waals surface area contributed by atoms with Gasteiger partial charge in [-0.1, -0.05) is 18.2 Å². The Morgan fingerprint density at radius 3 is 2.50 bits per heavy atom. The molecule has 2 aliphatic rings. The van der Waals surface area contributed by atoms with E-state index in [9.17, 15) is 9.59 Å². The van der Waals surface area contributed by atoms with Gasteiger partial charge in [-0.25, -0.2) is 0 Å². The van der Waals surface area contributed by atoms with Crippen LogP contribution in [0.15, 0.2) is 30.3 Å². The van der Waals surface area contributed by atoms with Crippen LogP contribution in [0.2, 0.25) is 0 Å². The SMILES string of the molecule is COc1ccc(-c2ccc3c(c2)CCC3=O)c(OCCOC(=O)C2CCOCC2)c1OC. The number of carbonyl (C=O) groups excluding carboxylic acids is 2. The summed E-state index contributed by atoms with van der Waals surface area (Å²) >= 11 is 0. The van der Waals surface area contributed by atoms with E-state index in [-0.39, 0.29) is 30.9 Å². The third-order valence-corrected chi connectivity index (χ3v) is 5.97. The predicted molar refractivity (Wildman–Crippen MR) is 118 cm³/mol. The Morgan fingerprint density at radius 1 is 0.969 bits per heavy atom. The first-order valence-electron chi connectivity index (χ1n) is 10.9. The number of rotatable bonds is 8. The molecule has 7 nitrogen and oxygen atoms in total. The average Bonchev–Trinajstić information content (AvgIpc) is 3.21. The number of methoxy groups -OCH3 is 2. The number of esters is 1. The summed E-state index contributed by atoms with van der Waals surface area (Å²) in [5, 5.41) is 0. The van der Waals surface area contributed by atoms with Crippen molar-refractivity contribution < 1.29 is 33.3 Å². The number of ether oxygens (including phenoxy) is 5. The van der Waals surface area contributed by atoms with Gasteiger partial charge < -0.3 is 23.7 Å². The van der Waals surface area contributed by atoms with Crippen LogP contribution in [0.4, 0.5) is 0 Å². The first kappa shape index (κ1) is 22.1. The molecule has 1 heterocycles. The second-order valence-corrected chi connectivity index (χ2v) is 7.88. The van der Waals surface area contributed by atoms with Gasteiger partial charge in [0.2, 0.25) is 5.75 Å². The lowest BCUT2D eigenvalue weighted by Crippen LogP contribution is -2.26. The third-order valence-electron chi connectivity index (χ3n) is 5.97. The summed E-state index contributed by atoms with van der Waals surface area (Å²) in [6.45, 7) is 1.49. The Kier molecular flexibility index (Phi) is 6.95. The van der Waals surface area contributed by atoms with E-state index in [2.05, 4.69) is 0 Å². The van der Waals surface area contributed by atoms with Crippen molar-refractivity contribution in [3.8, 4) is 28.4 Å². The molecule has 0 N–H and O–H groups in total. The number of carbonyl (C=O) groups is 2. The minimum Gasteiger partial charge on any atom is -0.493 e. The summed E-state index contributed by atoms with van der Waals surface area (Å²) in [7, 11) is 3.12. The van der Waals surface area contributed by atoms with Crippen molar-refractivity contribution >= 4 is 11.8 Å². The van der Waals surface area contributed by atoms with Gasteiger partial charge in [0, 0.05) is 30.8 Å². The zero-order chi connectivity index (χ0) is 22.5. The maximum Gasteiger partial charge on any atom is 0.309 e. The Hall–Kier alpha value is -3.06. The molecule has 0 radical (unpaired) electrons. The molecule has 1 saturated heterocycles. The van der Waals surface area contributed by atoms with Crippen molar-refractivity contribution in [2.75, 3.05) is 40.6 Å². The van der Waals surface area contributed by atoms with Crippen LogP contribution < -0.4 is 14.2 Å². The molecule has 170 valence electrons. The molecule has 0 saturated carbocycles. The maximum atomic E-state index is 12.3. The smallest absolute Gasteiger partial charge is 0.309 e. The summed E-state index contributed by atoms with van der Waals surface area (Å²) < 4.78 is 27.8. The Bertz CT molecular complexity index is 992. The molecule has 0 amide bonds. The van der Waals surface area contributed by atoms with Crippen molar-refractivity contribution in [2.45, 2.75) is 25.7 Å². The van der Waals surface area contributed by atoms with Crippen LogP contribution in [-0.4, -0.2) is 52.4 Å². The van der Waals surface area contributed by atoms with Gasteiger partial charge in [0.05, 0.1) is 20.1 Å². The van der Waals surface area contributed by atoms with Crippen LogP contribution >= 0.6 is 0 Å². The number of hydrogen-bond donors (Lipinski definition) is 0. The molecular formula is C25H28O7. The van der Waals surface area contributed by atoms with Crippen LogP contribution in [0.25, 0.3) is 11.1 Å². The first-order valence-corrected chi connectivity index (χ1v) is 10.9. The van der Waals surface area contributed by atoms with Crippen molar-refractivity contribution in [3.05, 3.63) is 41.5 Å². The van der Waals surface area contributed by atoms with E-state index < -0.39 is 0 Å². The van der Waals surface area contributed by atoms with Gasteiger partial charge in [0.1, 0.15) is 13.2 Å². The minimum atomic E-state index is -0.210. The second kappa shape index (κ2) is 10.0. The second-order valence-electron chi connectivity index (χ2n) is 7.88. The maximum absolute atomic E-state index is 12.3. The summed E-state index contributed by atoms with van der Waals surface area (Å²) in [5.41, 5.74) is 3.57. The van der Waals surface area contributed by atoms with Gasteiger partial charge >= 0.3 is 5.97 Å². The molecule has 1 fully saturated rings. The molecule has 0 bridgehead atoms. The van der Waals surface area contributed by atoms with Crippen LogP contribution in [0.5, 0.6) is 17.2 Å². The predicted octanol–water partition coefficient (Wildman–Crippen LogP) is 3.85. The summed E-state index contributed by atoms with van der Waals surface area (Å²) in [5.74, 6) is 1.39. The van der Waals surface area contributed by atoms with E-state index in [1.807, 2.05) is 30.3 Å². The van der Waals surface area contributed by atoms with Crippen LogP contribution in [-0.2, 0) is 20.7 Å². The minimum absolute atomic E-state index is 0.111. The Labute approximate surface area is 187 Å². The summed E-state index contributed by atoms with van der Waals surface area (Å²) in [6, 6.07) is 9.55. The lowest BCUT2D eigenvalue weighted by Gasteiger charge is -2.21. The fourth-order valence-corrected chi connectivity index (χ4v) is 4.23. The molecule has 2 aromatic carbocycles. The van der Waals surface area contributed by atoms with Crippen LogP contribution in [0, 0.1) is 5.92 Å². The lowest BCUT2D eigenvalue weighted by atomic mass is 9.99. The number of benzene rings is 2. The Balaban J connectivity index is 1.52. The highest BCUT2D eigenvalue weighted by molar-refractivity contribution is 6.01. The highest BCUT2D eigenvalue weighted by Gasteiger charge is 2.24. The number of Topliss-reactive ketones (excluding diaryl/α,β-unsaturated/α-hetero) is 1. The van der Waals surface area contributed by atoms with Gasteiger partial charge in [-0.05, 0) is 42.5 Å². The number of aryl methyl sites for hydroxylation is 1. The van der Waals surface area contributed by atoms with E-state index in [1.165, 1.54) is 0 Å². The van der Waals surface area contributed by atoms with E-state index in [4.69, 9.17) is 23.7 Å². The molecule has 1 aliphatic carbocycles. The Morgan fingerprint density at radius 2 is 1.75 bits per heavy atom. The van der Waals surface area contributed by atoms with Crippen LogP contribution in [0.3, 0.4) is 0 Å². The molecule has 0 spiro atoms. The van der Waals surface area contributed by atoms with Crippen molar-refractivity contribution in [3.63, 3.8) is 0 Å².